The maximum Gasteiger partial charge on any atom is 0.201 e. The summed E-state index contributed by atoms with van der Waals surface area (Å²) in [6, 6.07) is 3.11. The number of hydrogen-bond donors (Lipinski definition) is 1. The quantitative estimate of drug-likeness (QED) is 0.421. The summed E-state index contributed by atoms with van der Waals surface area (Å²) in [5.74, 6) is 1.02. The van der Waals surface area contributed by atoms with Crippen molar-refractivity contribution >= 4 is 0 Å². The molecule has 3 aliphatic carbocycles. The minimum Gasteiger partial charge on any atom is -0.487 e. The molecule has 2 atom stereocenters. The molecule has 0 heterocycles. The molecule has 186 valence electrons. The van der Waals surface area contributed by atoms with Crippen LogP contribution in [-0.2, 0) is 5.60 Å². The Hall–Kier alpha value is -1.16. The predicted molar refractivity (Wildman–Crippen MR) is 129 cm³/mol. The van der Waals surface area contributed by atoms with E-state index < -0.39 is 17.2 Å². The van der Waals surface area contributed by atoms with Crippen molar-refractivity contribution in [3.63, 3.8) is 0 Å². The summed E-state index contributed by atoms with van der Waals surface area (Å²) in [5, 5.41) is 11.3. The second-order valence-corrected chi connectivity index (χ2v) is 11.4. The monoisotopic (exact) mass is 462 g/mol. The maximum absolute atomic E-state index is 15.1. The van der Waals surface area contributed by atoms with Crippen LogP contribution < -0.4 is 4.74 Å². The van der Waals surface area contributed by atoms with Gasteiger partial charge in [-0.25, -0.2) is 4.39 Å². The molecule has 0 saturated heterocycles. The zero-order chi connectivity index (χ0) is 23.4. The molecule has 3 saturated carbocycles. The van der Waals surface area contributed by atoms with Crippen molar-refractivity contribution in [2.24, 2.45) is 23.7 Å². The van der Waals surface area contributed by atoms with Gasteiger partial charge in [0.25, 0.3) is 0 Å². The largest absolute Gasteiger partial charge is 0.487 e. The SMILES string of the molecule is CCCC1CCC(C2CCC(O)(c3ccc(OC4CCC(CCC)C4)c(F)c3F)CC2)CC1. The summed E-state index contributed by atoms with van der Waals surface area (Å²) in [5.41, 5.74) is -1.15. The van der Waals surface area contributed by atoms with Gasteiger partial charge in [0.15, 0.2) is 11.6 Å². The number of hydrogen-bond acceptors (Lipinski definition) is 2. The van der Waals surface area contributed by atoms with E-state index in [1.807, 2.05) is 0 Å². The van der Waals surface area contributed by atoms with Gasteiger partial charge >= 0.3 is 0 Å². The predicted octanol–water partition coefficient (Wildman–Crippen LogP) is 8.30. The highest BCUT2D eigenvalue weighted by molar-refractivity contribution is 5.35. The van der Waals surface area contributed by atoms with Crippen LogP contribution in [0.2, 0.25) is 0 Å². The topological polar surface area (TPSA) is 29.5 Å². The van der Waals surface area contributed by atoms with Gasteiger partial charge in [-0.05, 0) is 93.6 Å². The van der Waals surface area contributed by atoms with Crippen LogP contribution in [-0.4, -0.2) is 11.2 Å². The van der Waals surface area contributed by atoms with E-state index in [9.17, 15) is 9.50 Å². The van der Waals surface area contributed by atoms with Gasteiger partial charge in [-0.2, -0.15) is 4.39 Å². The number of ether oxygens (including phenoxy) is 1. The normalized spacial score (nSPS) is 35.0. The Morgan fingerprint density at radius 1 is 0.818 bits per heavy atom. The lowest BCUT2D eigenvalue weighted by Crippen LogP contribution is -2.35. The smallest absolute Gasteiger partial charge is 0.201 e. The Kier molecular flexibility index (Phi) is 8.36. The van der Waals surface area contributed by atoms with Crippen molar-refractivity contribution in [3.8, 4) is 5.75 Å². The van der Waals surface area contributed by atoms with Crippen molar-refractivity contribution < 1.29 is 18.6 Å². The van der Waals surface area contributed by atoms with E-state index in [0.717, 1.165) is 50.4 Å². The molecular weight excluding hydrogens is 418 g/mol. The van der Waals surface area contributed by atoms with Crippen LogP contribution in [0.5, 0.6) is 5.75 Å². The Morgan fingerprint density at radius 3 is 2.09 bits per heavy atom. The van der Waals surface area contributed by atoms with Crippen LogP contribution in [0, 0.1) is 35.3 Å². The summed E-state index contributed by atoms with van der Waals surface area (Å²) in [7, 11) is 0. The average molecular weight is 463 g/mol. The Labute approximate surface area is 199 Å². The first-order valence-electron chi connectivity index (χ1n) is 13.8. The lowest BCUT2D eigenvalue weighted by atomic mass is 9.66. The number of aliphatic hydroxyl groups is 1. The van der Waals surface area contributed by atoms with Crippen LogP contribution in [0.3, 0.4) is 0 Å². The molecule has 3 fully saturated rings. The van der Waals surface area contributed by atoms with E-state index in [4.69, 9.17) is 4.74 Å². The highest BCUT2D eigenvalue weighted by atomic mass is 19.2. The summed E-state index contributed by atoms with van der Waals surface area (Å²) < 4.78 is 35.9. The molecule has 0 bridgehead atoms. The lowest BCUT2D eigenvalue weighted by molar-refractivity contribution is -0.0291. The average Bonchev–Trinajstić information content (AvgIpc) is 3.25. The molecule has 4 rings (SSSR count). The van der Waals surface area contributed by atoms with Crippen LogP contribution in [0.1, 0.15) is 116 Å². The third-order valence-electron chi connectivity index (χ3n) is 9.14. The fourth-order valence-electron chi connectivity index (χ4n) is 7.18. The van der Waals surface area contributed by atoms with E-state index in [-0.39, 0.29) is 17.4 Å². The first kappa shape index (κ1) is 24.9. The van der Waals surface area contributed by atoms with Gasteiger partial charge in [-0.15, -0.1) is 0 Å². The molecule has 0 spiro atoms. The van der Waals surface area contributed by atoms with Crippen molar-refractivity contribution in [1.29, 1.82) is 0 Å². The van der Waals surface area contributed by atoms with Gasteiger partial charge in [-0.3, -0.25) is 0 Å². The Bertz CT molecular complexity index is 763. The van der Waals surface area contributed by atoms with Crippen molar-refractivity contribution in [1.82, 2.24) is 0 Å². The standard InChI is InChI=1S/C29H44F2O2/c1-3-5-20-7-10-22(11-8-20)23-15-17-29(32,18-16-23)25-13-14-26(28(31)27(25)30)33-24-12-9-21(19-24)6-4-2/h13-14,20-24,32H,3-12,15-19H2,1-2H3. The molecule has 0 radical (unpaired) electrons. The van der Waals surface area contributed by atoms with Gasteiger partial charge in [0.2, 0.25) is 5.82 Å². The number of rotatable bonds is 8. The molecule has 0 aliphatic heterocycles. The first-order chi connectivity index (χ1) is 15.9. The molecule has 3 aliphatic rings. The molecule has 0 aromatic heterocycles. The first-order valence-corrected chi connectivity index (χ1v) is 13.8. The highest BCUT2D eigenvalue weighted by Gasteiger charge is 2.40. The molecule has 2 unspecified atom stereocenters. The van der Waals surface area contributed by atoms with Gasteiger partial charge in [0.05, 0.1) is 11.7 Å². The highest BCUT2D eigenvalue weighted by Crippen LogP contribution is 2.47. The van der Waals surface area contributed by atoms with Crippen LogP contribution in [0.15, 0.2) is 12.1 Å². The van der Waals surface area contributed by atoms with Crippen molar-refractivity contribution in [2.75, 3.05) is 0 Å². The van der Waals surface area contributed by atoms with Gasteiger partial charge < -0.3 is 9.84 Å². The lowest BCUT2D eigenvalue weighted by Gasteiger charge is -2.41. The molecule has 4 heteroatoms. The second-order valence-electron chi connectivity index (χ2n) is 11.4. The van der Waals surface area contributed by atoms with Gasteiger partial charge in [0, 0.05) is 5.56 Å². The van der Waals surface area contributed by atoms with Crippen LogP contribution in [0.25, 0.3) is 0 Å². The minimum absolute atomic E-state index is 0.000441. The second kappa shape index (κ2) is 11.1. The molecule has 2 nitrogen and oxygen atoms in total. The van der Waals surface area contributed by atoms with E-state index in [1.165, 1.54) is 44.9 Å². The van der Waals surface area contributed by atoms with Gasteiger partial charge in [0.1, 0.15) is 0 Å². The zero-order valence-corrected chi connectivity index (χ0v) is 20.8. The summed E-state index contributed by atoms with van der Waals surface area (Å²) in [4.78, 5) is 0. The zero-order valence-electron chi connectivity index (χ0n) is 20.8. The van der Waals surface area contributed by atoms with Crippen LogP contribution >= 0.6 is 0 Å². The molecular formula is C29H44F2O2. The van der Waals surface area contributed by atoms with E-state index in [2.05, 4.69) is 13.8 Å². The van der Waals surface area contributed by atoms with E-state index in [1.54, 1.807) is 12.1 Å². The van der Waals surface area contributed by atoms with Crippen molar-refractivity contribution in [2.45, 2.75) is 122 Å². The number of benzene rings is 1. The molecule has 33 heavy (non-hydrogen) atoms. The summed E-state index contributed by atoms with van der Waals surface area (Å²) in [6.07, 6.45) is 15.9. The molecule has 1 aromatic rings. The molecule has 1 N–H and O–H groups in total. The van der Waals surface area contributed by atoms with Gasteiger partial charge in [-0.1, -0.05) is 52.4 Å². The van der Waals surface area contributed by atoms with E-state index in [0.29, 0.717) is 24.7 Å². The third-order valence-corrected chi connectivity index (χ3v) is 9.14. The van der Waals surface area contributed by atoms with E-state index >= 15 is 4.39 Å². The summed E-state index contributed by atoms with van der Waals surface area (Å²) >= 11 is 0. The number of halogens is 2. The van der Waals surface area contributed by atoms with Crippen molar-refractivity contribution in [3.05, 3.63) is 29.3 Å². The Balaban J connectivity index is 1.35. The fourth-order valence-corrected chi connectivity index (χ4v) is 7.18. The fraction of sp³-hybridized carbons (Fsp3) is 0.793. The molecule has 1 aromatic carbocycles. The minimum atomic E-state index is -1.26. The summed E-state index contributed by atoms with van der Waals surface area (Å²) in [6.45, 7) is 4.45. The van der Waals surface area contributed by atoms with Crippen LogP contribution in [0.4, 0.5) is 8.78 Å². The third kappa shape index (κ3) is 5.74. The molecule has 0 amide bonds. The maximum atomic E-state index is 15.1. The Morgan fingerprint density at radius 2 is 1.42 bits per heavy atom.